The van der Waals surface area contributed by atoms with Crippen LogP contribution in [0.5, 0.6) is 0 Å². The number of rotatable bonds is 9. The Labute approximate surface area is 389 Å². The van der Waals surface area contributed by atoms with Gasteiger partial charge in [-0.25, -0.2) is 19.9 Å². The molecule has 67 heavy (non-hydrogen) atoms. The van der Waals surface area contributed by atoms with Crippen LogP contribution in [0.3, 0.4) is 0 Å². The molecule has 0 spiro atoms. The molecule has 0 fully saturated rings. The van der Waals surface area contributed by atoms with Gasteiger partial charge in [0.15, 0.2) is 5.82 Å². The second kappa shape index (κ2) is 17.0. The second-order valence-electron chi connectivity index (χ2n) is 16.9. The summed E-state index contributed by atoms with van der Waals surface area (Å²) in [5.41, 5.74) is 17.8. The van der Waals surface area contributed by atoms with Gasteiger partial charge in [0.1, 0.15) is 5.82 Å². The summed E-state index contributed by atoms with van der Waals surface area (Å²) >= 11 is 0. The molecule has 5 nitrogen and oxygen atoms in total. The first kappa shape index (κ1) is 39.8. The van der Waals surface area contributed by atoms with Gasteiger partial charge in [0.25, 0.3) is 0 Å². The molecule has 3 heterocycles. The third-order valence-electron chi connectivity index (χ3n) is 12.8. The molecule has 0 aliphatic rings. The van der Waals surface area contributed by atoms with E-state index >= 15 is 0 Å². The van der Waals surface area contributed by atoms with Crippen LogP contribution in [-0.2, 0) is 6.42 Å². The Morgan fingerprint density at radius 3 is 1.34 bits per heavy atom. The fourth-order valence-corrected chi connectivity index (χ4v) is 9.37. The standard InChI is InChI=1S/C62H43N5/c1-2-58-66-61-57(67(58)51-18-10-5-11-19-51)39-38-53-52-20-12-13-21-54(52)63-60(59(53)61)49-34-26-45(27-35-49)46-28-36-50(37-29-46)62-64-55(47-30-22-43(23-31-47)41-14-6-3-7-15-41)40-56(65-62)48-32-24-44(25-33-48)42-16-8-4-9-17-42/h3-40H,2H2,1H3. The number of aromatic nitrogens is 5. The van der Waals surface area contributed by atoms with E-state index in [2.05, 4.69) is 230 Å². The lowest BCUT2D eigenvalue weighted by Crippen LogP contribution is -1.99. The van der Waals surface area contributed by atoms with E-state index in [4.69, 9.17) is 19.9 Å². The zero-order chi connectivity index (χ0) is 44.7. The number of pyridine rings is 1. The van der Waals surface area contributed by atoms with Crippen molar-refractivity contribution in [3.63, 3.8) is 0 Å². The van der Waals surface area contributed by atoms with Gasteiger partial charge < -0.3 is 0 Å². The summed E-state index contributed by atoms with van der Waals surface area (Å²) in [6.45, 7) is 2.17. The normalized spacial score (nSPS) is 11.4. The molecule has 3 aromatic heterocycles. The van der Waals surface area contributed by atoms with Gasteiger partial charge in [-0.2, -0.15) is 0 Å². The summed E-state index contributed by atoms with van der Waals surface area (Å²) in [5, 5.41) is 3.34. The number of imidazole rings is 1. The van der Waals surface area contributed by atoms with E-state index in [1.165, 1.54) is 22.3 Å². The Kier molecular flexibility index (Phi) is 10.1. The number of aryl methyl sites for hydroxylation is 1. The van der Waals surface area contributed by atoms with Gasteiger partial charge in [0.2, 0.25) is 0 Å². The zero-order valence-corrected chi connectivity index (χ0v) is 36.9. The number of para-hydroxylation sites is 2. The highest BCUT2D eigenvalue weighted by Crippen LogP contribution is 2.39. The van der Waals surface area contributed by atoms with Crippen LogP contribution in [0.15, 0.2) is 231 Å². The molecular weight excluding hydrogens is 815 g/mol. The van der Waals surface area contributed by atoms with Gasteiger partial charge in [-0.05, 0) is 69.1 Å². The number of hydrogen-bond donors (Lipinski definition) is 0. The average Bonchev–Trinajstić information content (AvgIpc) is 3.81. The van der Waals surface area contributed by atoms with Gasteiger partial charge in [0.05, 0.1) is 33.6 Å². The predicted octanol–water partition coefficient (Wildman–Crippen LogP) is 15.7. The molecule has 9 aromatic carbocycles. The van der Waals surface area contributed by atoms with Crippen LogP contribution in [0.2, 0.25) is 0 Å². The molecule has 0 unspecified atom stereocenters. The molecule has 0 aliphatic heterocycles. The van der Waals surface area contributed by atoms with Gasteiger partial charge in [-0.15, -0.1) is 0 Å². The third-order valence-corrected chi connectivity index (χ3v) is 12.8. The van der Waals surface area contributed by atoms with Crippen LogP contribution in [0.25, 0.3) is 117 Å². The number of hydrogen-bond acceptors (Lipinski definition) is 4. The van der Waals surface area contributed by atoms with Crippen molar-refractivity contribution in [1.82, 2.24) is 24.5 Å². The molecular formula is C62H43N5. The molecule has 0 radical (unpaired) electrons. The lowest BCUT2D eigenvalue weighted by atomic mass is 9.96. The van der Waals surface area contributed by atoms with Gasteiger partial charge in [-0.1, -0.05) is 207 Å². The smallest absolute Gasteiger partial charge is 0.160 e. The van der Waals surface area contributed by atoms with E-state index in [1.54, 1.807) is 0 Å². The molecule has 0 aliphatic carbocycles. The average molecular weight is 858 g/mol. The van der Waals surface area contributed by atoms with Crippen molar-refractivity contribution in [2.24, 2.45) is 0 Å². The van der Waals surface area contributed by atoms with Gasteiger partial charge >= 0.3 is 0 Å². The van der Waals surface area contributed by atoms with E-state index in [1.807, 2.05) is 12.1 Å². The van der Waals surface area contributed by atoms with Crippen LogP contribution < -0.4 is 0 Å². The molecule has 0 saturated heterocycles. The highest BCUT2D eigenvalue weighted by Gasteiger charge is 2.20. The maximum absolute atomic E-state index is 5.34. The topological polar surface area (TPSA) is 56.5 Å². The first-order valence-electron chi connectivity index (χ1n) is 22.9. The Hall–Kier alpha value is -8.80. The highest BCUT2D eigenvalue weighted by atomic mass is 15.1. The van der Waals surface area contributed by atoms with Crippen LogP contribution in [0, 0.1) is 0 Å². The fraction of sp³-hybridized carbons (Fsp3) is 0.0323. The third kappa shape index (κ3) is 7.43. The monoisotopic (exact) mass is 857 g/mol. The summed E-state index contributed by atoms with van der Waals surface area (Å²) in [6.07, 6.45) is 0.805. The summed E-state index contributed by atoms with van der Waals surface area (Å²) in [4.78, 5) is 21.0. The largest absolute Gasteiger partial charge is 0.296 e. The molecule has 5 heteroatoms. The SMILES string of the molecule is CCc1nc2c3c(-c4ccc(-c5ccc(-c6nc(-c7ccc(-c8ccccc8)cc7)cc(-c7ccc(-c8ccccc8)cc7)n6)cc5)cc4)nc4ccccc4c3ccc2n1-c1ccccc1. The van der Waals surface area contributed by atoms with Gasteiger partial charge in [-0.3, -0.25) is 4.57 Å². The predicted molar refractivity (Wildman–Crippen MR) is 277 cm³/mol. The minimum Gasteiger partial charge on any atom is -0.296 e. The summed E-state index contributed by atoms with van der Waals surface area (Å²) in [5.74, 6) is 1.70. The minimum atomic E-state index is 0.676. The second-order valence-corrected chi connectivity index (χ2v) is 16.9. The van der Waals surface area contributed by atoms with Crippen molar-refractivity contribution in [2.75, 3.05) is 0 Å². The molecule has 0 atom stereocenters. The van der Waals surface area contributed by atoms with Crippen molar-refractivity contribution in [1.29, 1.82) is 0 Å². The maximum Gasteiger partial charge on any atom is 0.160 e. The molecule has 0 saturated carbocycles. The van der Waals surface area contributed by atoms with Crippen LogP contribution in [-0.4, -0.2) is 24.5 Å². The molecule has 0 amide bonds. The zero-order valence-electron chi connectivity index (χ0n) is 36.9. The Morgan fingerprint density at radius 1 is 0.358 bits per heavy atom. The van der Waals surface area contributed by atoms with Crippen molar-refractivity contribution in [2.45, 2.75) is 13.3 Å². The van der Waals surface area contributed by atoms with Crippen molar-refractivity contribution in [3.05, 3.63) is 236 Å². The molecule has 316 valence electrons. The molecule has 12 aromatic rings. The van der Waals surface area contributed by atoms with Crippen molar-refractivity contribution in [3.8, 4) is 84.2 Å². The van der Waals surface area contributed by atoms with Gasteiger partial charge in [0, 0.05) is 45.1 Å². The minimum absolute atomic E-state index is 0.676. The van der Waals surface area contributed by atoms with E-state index in [0.29, 0.717) is 5.82 Å². The summed E-state index contributed by atoms with van der Waals surface area (Å²) in [7, 11) is 0. The fourth-order valence-electron chi connectivity index (χ4n) is 9.37. The number of fused-ring (bicyclic) bond motifs is 5. The first-order valence-corrected chi connectivity index (χ1v) is 22.9. The molecule has 0 N–H and O–H groups in total. The van der Waals surface area contributed by atoms with E-state index in [0.717, 1.165) is 101 Å². The van der Waals surface area contributed by atoms with E-state index < -0.39 is 0 Å². The molecule has 12 rings (SSSR count). The van der Waals surface area contributed by atoms with Crippen LogP contribution >= 0.6 is 0 Å². The Bertz CT molecular complexity index is 3610. The molecule has 0 bridgehead atoms. The lowest BCUT2D eigenvalue weighted by molar-refractivity contribution is 0.908. The van der Waals surface area contributed by atoms with Crippen molar-refractivity contribution < 1.29 is 0 Å². The number of benzene rings is 9. The van der Waals surface area contributed by atoms with E-state index in [-0.39, 0.29) is 0 Å². The van der Waals surface area contributed by atoms with Crippen LogP contribution in [0.1, 0.15) is 12.7 Å². The van der Waals surface area contributed by atoms with Crippen LogP contribution in [0.4, 0.5) is 0 Å². The lowest BCUT2D eigenvalue weighted by Gasteiger charge is -2.13. The first-order chi connectivity index (χ1) is 33.1. The summed E-state index contributed by atoms with van der Waals surface area (Å²) in [6, 6.07) is 81.1. The van der Waals surface area contributed by atoms with Crippen molar-refractivity contribution >= 4 is 32.7 Å². The van der Waals surface area contributed by atoms with E-state index in [9.17, 15) is 0 Å². The highest BCUT2D eigenvalue weighted by molar-refractivity contribution is 6.20. The maximum atomic E-state index is 5.34. The number of nitrogens with zero attached hydrogens (tertiary/aromatic N) is 5. The Morgan fingerprint density at radius 2 is 0.806 bits per heavy atom. The Balaban J connectivity index is 0.904. The summed E-state index contributed by atoms with van der Waals surface area (Å²) < 4.78 is 2.29. The quantitative estimate of drug-likeness (QED) is 0.136.